The minimum atomic E-state index is -0.567. The molecule has 10 heavy (non-hydrogen) atoms. The Morgan fingerprint density at radius 3 is 2.30 bits per heavy atom. The van der Waals surface area contributed by atoms with Gasteiger partial charge >= 0.3 is 5.97 Å². The zero-order valence-corrected chi connectivity index (χ0v) is 5.53. The molecular weight excluding hydrogens is 138 g/mol. The van der Waals surface area contributed by atoms with Gasteiger partial charge in [0.1, 0.15) is 6.61 Å². The van der Waals surface area contributed by atoms with Crippen LogP contribution in [0.4, 0.5) is 0 Å². The summed E-state index contributed by atoms with van der Waals surface area (Å²) in [6.07, 6.45) is 0.500. The van der Waals surface area contributed by atoms with Crippen LogP contribution in [0.1, 0.15) is 6.92 Å². The molecule has 0 saturated carbocycles. The third kappa shape index (κ3) is 15.8. The molecule has 0 spiro atoms. The van der Waals surface area contributed by atoms with Gasteiger partial charge < -0.3 is 15.3 Å². The fourth-order valence-electron chi connectivity index (χ4n) is 0.207. The molecular formula is C5H8NO4-. The van der Waals surface area contributed by atoms with E-state index in [4.69, 9.17) is 15.3 Å². The zero-order valence-electron chi connectivity index (χ0n) is 5.53. The fourth-order valence-corrected chi connectivity index (χ4v) is 0.207. The van der Waals surface area contributed by atoms with E-state index in [0.29, 0.717) is 12.7 Å². The number of rotatable bonds is 2. The first kappa shape index (κ1) is 11.6. The van der Waals surface area contributed by atoms with Crippen molar-refractivity contribution in [3.63, 3.8) is 0 Å². The van der Waals surface area contributed by atoms with Crippen molar-refractivity contribution < 1.29 is 19.4 Å². The van der Waals surface area contributed by atoms with Crippen molar-refractivity contribution in [1.29, 1.82) is 0 Å². The monoisotopic (exact) mass is 146 g/mol. The Hall–Kier alpha value is -1.19. The lowest BCUT2D eigenvalue weighted by Gasteiger charge is -1.93. The highest BCUT2D eigenvalue weighted by atomic mass is 16.5. The van der Waals surface area contributed by atoms with Gasteiger partial charge in [0, 0.05) is 0 Å². The summed E-state index contributed by atoms with van der Waals surface area (Å²) in [5.41, 5.74) is 0. The summed E-state index contributed by atoms with van der Waals surface area (Å²) in [6.45, 7) is 1.50. The number of aliphatic hydroxyl groups is 1. The summed E-state index contributed by atoms with van der Waals surface area (Å²) >= 11 is 0. The van der Waals surface area contributed by atoms with Gasteiger partial charge in [0.2, 0.25) is 0 Å². The Bertz CT molecular complexity index is 117. The molecule has 0 bridgehead atoms. The summed E-state index contributed by atoms with van der Waals surface area (Å²) in [4.78, 5) is 18.2. The van der Waals surface area contributed by atoms with Gasteiger partial charge in [-0.15, -0.1) is 0 Å². The summed E-state index contributed by atoms with van der Waals surface area (Å²) in [5.74, 6) is -0.567. The van der Waals surface area contributed by atoms with Gasteiger partial charge in [-0.3, -0.25) is 4.79 Å². The molecule has 0 heterocycles. The predicted molar refractivity (Wildman–Crippen MR) is 32.8 cm³/mol. The predicted octanol–water partition coefficient (Wildman–Crippen LogP) is -0.567. The van der Waals surface area contributed by atoms with Crippen molar-refractivity contribution in [3.8, 4) is 0 Å². The first-order valence-corrected chi connectivity index (χ1v) is 2.50. The molecule has 0 fully saturated rings. The average Bonchev–Trinajstić information content (AvgIpc) is 1.90. The topological polar surface area (TPSA) is 85.9 Å². The highest BCUT2D eigenvalue weighted by Crippen LogP contribution is 1.71. The van der Waals surface area contributed by atoms with Crippen molar-refractivity contribution in [3.05, 3.63) is 5.41 Å². The first-order chi connectivity index (χ1) is 4.72. The lowest BCUT2D eigenvalue weighted by atomic mass is 10.7. The van der Waals surface area contributed by atoms with Gasteiger partial charge in [-0.2, -0.15) is 0 Å². The second-order valence-electron chi connectivity index (χ2n) is 1.05. The maximum Gasteiger partial charge on any atom is 0.331 e. The highest BCUT2D eigenvalue weighted by molar-refractivity contribution is 5.70. The lowest BCUT2D eigenvalue weighted by molar-refractivity contribution is -0.146. The normalized spacial score (nSPS) is 6.60. The van der Waals surface area contributed by atoms with Crippen molar-refractivity contribution in [2.45, 2.75) is 6.92 Å². The zero-order chi connectivity index (χ0) is 8.41. The third-order valence-electron chi connectivity index (χ3n) is 0.434. The number of esters is 1. The van der Waals surface area contributed by atoms with Crippen LogP contribution in [-0.4, -0.2) is 30.4 Å². The van der Waals surface area contributed by atoms with Crippen LogP contribution in [0.3, 0.4) is 0 Å². The maximum atomic E-state index is 9.94. The summed E-state index contributed by atoms with van der Waals surface area (Å²) in [5, 5.41) is 14.8. The van der Waals surface area contributed by atoms with Crippen LogP contribution in [0.2, 0.25) is 0 Å². The Kier molecular flexibility index (Phi) is 12.4. The molecule has 0 atom stereocenters. The van der Waals surface area contributed by atoms with E-state index in [9.17, 15) is 4.79 Å². The molecule has 0 amide bonds. The molecule has 0 aliphatic heterocycles. The SMILES string of the molecule is CCOC(=O)CO.[N-]=C=O. The number of nitrogens with zero attached hydrogens (tertiary/aromatic N) is 1. The third-order valence-corrected chi connectivity index (χ3v) is 0.434. The van der Waals surface area contributed by atoms with E-state index >= 15 is 0 Å². The highest BCUT2D eigenvalue weighted by Gasteiger charge is 1.92. The van der Waals surface area contributed by atoms with Crippen LogP contribution in [0.5, 0.6) is 0 Å². The molecule has 0 saturated heterocycles. The molecule has 0 radical (unpaired) electrons. The van der Waals surface area contributed by atoms with Crippen LogP contribution in [0, 0.1) is 0 Å². The largest absolute Gasteiger partial charge is 0.724 e. The minimum Gasteiger partial charge on any atom is -0.724 e. The van der Waals surface area contributed by atoms with Crippen LogP contribution in [0.15, 0.2) is 0 Å². The number of carbonyl (C=O) groups excluding carboxylic acids is 2. The molecule has 0 aliphatic carbocycles. The molecule has 0 aromatic heterocycles. The molecule has 5 nitrogen and oxygen atoms in total. The smallest absolute Gasteiger partial charge is 0.331 e. The van der Waals surface area contributed by atoms with Crippen LogP contribution >= 0.6 is 0 Å². The van der Waals surface area contributed by atoms with Crippen molar-refractivity contribution >= 4 is 12.0 Å². The molecule has 1 N–H and O–H groups in total. The molecule has 0 rings (SSSR count). The number of isocyanates is 1. The van der Waals surface area contributed by atoms with Gasteiger partial charge in [-0.25, -0.2) is 4.79 Å². The number of aliphatic hydroxyl groups excluding tert-OH is 1. The van der Waals surface area contributed by atoms with Gasteiger partial charge in [-0.05, 0) is 13.0 Å². The van der Waals surface area contributed by atoms with Gasteiger partial charge in [-0.1, -0.05) is 0 Å². The minimum absolute atomic E-state index is 0.333. The second kappa shape index (κ2) is 10.7. The fraction of sp³-hybridized carbons (Fsp3) is 0.600. The molecule has 0 unspecified atom stereocenters. The first-order valence-electron chi connectivity index (χ1n) is 2.50. The number of carbonyl (C=O) groups is 1. The second-order valence-corrected chi connectivity index (χ2v) is 1.05. The number of ether oxygens (including phenoxy) is 1. The lowest BCUT2D eigenvalue weighted by Crippen LogP contribution is -2.07. The van der Waals surface area contributed by atoms with Gasteiger partial charge in [0.15, 0.2) is 0 Å². The van der Waals surface area contributed by atoms with E-state index in [1.807, 2.05) is 0 Å². The number of hydrogen-bond acceptors (Lipinski definition) is 4. The molecule has 0 aliphatic rings. The Balaban J connectivity index is 0. The average molecular weight is 146 g/mol. The maximum absolute atomic E-state index is 9.94. The van der Waals surface area contributed by atoms with E-state index in [1.165, 1.54) is 0 Å². The molecule has 5 heteroatoms. The molecule has 0 aromatic carbocycles. The summed E-state index contributed by atoms with van der Waals surface area (Å²) in [6, 6.07) is 0. The van der Waals surface area contributed by atoms with E-state index in [1.54, 1.807) is 6.92 Å². The van der Waals surface area contributed by atoms with E-state index in [0.717, 1.165) is 0 Å². The van der Waals surface area contributed by atoms with Crippen LogP contribution < -0.4 is 0 Å². The van der Waals surface area contributed by atoms with Crippen molar-refractivity contribution in [2.75, 3.05) is 13.2 Å². The summed E-state index contributed by atoms with van der Waals surface area (Å²) < 4.78 is 4.30. The van der Waals surface area contributed by atoms with Crippen molar-refractivity contribution in [2.24, 2.45) is 0 Å². The van der Waals surface area contributed by atoms with Gasteiger partial charge in [0.05, 0.1) is 6.61 Å². The van der Waals surface area contributed by atoms with Gasteiger partial charge in [0.25, 0.3) is 0 Å². The standard InChI is InChI=1S/C4H8O3.CNO/c1-2-7-4(6)3-5;2-1-3/h5H,2-3H2,1H3;/q;-1. The Morgan fingerprint density at radius 1 is 1.80 bits per heavy atom. The quantitative estimate of drug-likeness (QED) is 0.321. The summed E-state index contributed by atoms with van der Waals surface area (Å²) in [7, 11) is 0. The van der Waals surface area contributed by atoms with E-state index in [2.05, 4.69) is 4.74 Å². The molecule has 0 aromatic rings. The van der Waals surface area contributed by atoms with Crippen molar-refractivity contribution in [1.82, 2.24) is 0 Å². The van der Waals surface area contributed by atoms with Crippen LogP contribution in [0.25, 0.3) is 5.41 Å². The van der Waals surface area contributed by atoms with Crippen LogP contribution in [-0.2, 0) is 14.3 Å². The molecule has 58 valence electrons. The van der Waals surface area contributed by atoms with E-state index < -0.39 is 12.6 Å². The Labute approximate surface area is 58.1 Å². The Morgan fingerprint density at radius 2 is 2.20 bits per heavy atom. The van der Waals surface area contributed by atoms with E-state index in [-0.39, 0.29) is 0 Å². The number of hydrogen-bond donors (Lipinski definition) is 1.